The van der Waals surface area contributed by atoms with Crippen LogP contribution < -0.4 is 14.8 Å². The molecule has 206 valence electrons. The fourth-order valence-electron chi connectivity index (χ4n) is 5.36. The van der Waals surface area contributed by atoms with Crippen LogP contribution in [0.15, 0.2) is 43.1 Å². The Hall–Kier alpha value is -3.11. The second-order valence-corrected chi connectivity index (χ2v) is 10.5. The van der Waals surface area contributed by atoms with Crippen molar-refractivity contribution < 1.29 is 19.4 Å². The monoisotopic (exact) mass is 571 g/mol. The molecule has 2 fully saturated rings. The van der Waals surface area contributed by atoms with E-state index in [1.807, 2.05) is 23.1 Å². The van der Waals surface area contributed by atoms with Crippen molar-refractivity contribution in [2.75, 3.05) is 39.2 Å². The van der Waals surface area contributed by atoms with Gasteiger partial charge in [-0.3, -0.25) is 9.69 Å². The Morgan fingerprint density at radius 1 is 1.18 bits per heavy atom. The molecular weight excluding hydrogens is 541 g/mol. The molecule has 3 atom stereocenters. The molecule has 1 amide bonds. The first-order valence-electron chi connectivity index (χ1n) is 12.8. The number of halogens is 2. The zero-order valence-electron chi connectivity index (χ0n) is 21.9. The van der Waals surface area contributed by atoms with Crippen LogP contribution in [0.4, 0.5) is 5.95 Å². The van der Waals surface area contributed by atoms with E-state index in [4.69, 9.17) is 32.7 Å². The molecule has 9 nitrogen and oxygen atoms in total. The molecule has 2 saturated heterocycles. The summed E-state index contributed by atoms with van der Waals surface area (Å²) in [5, 5.41) is 15.4. The first-order chi connectivity index (χ1) is 18.8. The molecule has 0 saturated carbocycles. The number of aliphatic hydroxyl groups is 1. The summed E-state index contributed by atoms with van der Waals surface area (Å²) < 4.78 is 10.8. The number of hydrogen-bond acceptors (Lipinski definition) is 8. The third-order valence-corrected chi connectivity index (χ3v) is 8.12. The molecule has 2 aliphatic rings. The Morgan fingerprint density at radius 3 is 2.51 bits per heavy atom. The number of benzene rings is 2. The number of carbonyl (C=O) groups excluding carboxylic acids is 1. The lowest BCUT2D eigenvalue weighted by Crippen LogP contribution is -2.48. The van der Waals surface area contributed by atoms with Gasteiger partial charge in [-0.1, -0.05) is 35.8 Å². The number of likely N-dealkylation sites (tertiary alicyclic amines) is 2. The van der Waals surface area contributed by atoms with Crippen LogP contribution in [0.2, 0.25) is 10.0 Å². The van der Waals surface area contributed by atoms with Crippen LogP contribution in [0.25, 0.3) is 22.0 Å². The second-order valence-electron chi connectivity index (χ2n) is 9.72. The van der Waals surface area contributed by atoms with Gasteiger partial charge in [-0.2, -0.15) is 0 Å². The molecule has 11 heteroatoms. The molecule has 39 heavy (non-hydrogen) atoms. The molecule has 3 heterocycles. The molecule has 1 aromatic heterocycles. The quantitative estimate of drug-likeness (QED) is 0.378. The Morgan fingerprint density at radius 2 is 1.87 bits per heavy atom. The largest absolute Gasteiger partial charge is 0.495 e. The number of hydrogen-bond donors (Lipinski definition) is 2. The number of anilines is 1. The van der Waals surface area contributed by atoms with Gasteiger partial charge in [-0.05, 0) is 43.0 Å². The average molecular weight is 572 g/mol. The molecule has 0 spiro atoms. The highest BCUT2D eigenvalue weighted by Crippen LogP contribution is 2.46. The molecular formula is C28H31Cl2N5O4. The van der Waals surface area contributed by atoms with Crippen LogP contribution in [0.3, 0.4) is 0 Å². The molecule has 3 aromatic rings. The maximum absolute atomic E-state index is 13.2. The van der Waals surface area contributed by atoms with Gasteiger partial charge in [-0.25, -0.2) is 9.97 Å². The number of nitrogens with zero attached hydrogens (tertiary/aromatic N) is 4. The minimum Gasteiger partial charge on any atom is -0.495 e. The number of fused-ring (bicyclic) bond motifs is 1. The number of ether oxygens (including phenoxy) is 2. The second kappa shape index (κ2) is 11.6. The van der Waals surface area contributed by atoms with Crippen molar-refractivity contribution in [2.45, 2.75) is 37.6 Å². The van der Waals surface area contributed by atoms with Crippen LogP contribution in [0, 0.1) is 0 Å². The maximum Gasteiger partial charge on any atom is 0.240 e. The zero-order chi connectivity index (χ0) is 27.7. The topological polar surface area (TPSA) is 100 Å². The summed E-state index contributed by atoms with van der Waals surface area (Å²) in [5.74, 6) is 1.41. The number of nitrogens with one attached hydrogen (secondary N) is 1. The minimum atomic E-state index is -0.904. The third-order valence-electron chi connectivity index (χ3n) is 7.37. The van der Waals surface area contributed by atoms with Gasteiger partial charge in [0.1, 0.15) is 17.7 Å². The number of methoxy groups -OCH3 is 2. The van der Waals surface area contributed by atoms with E-state index in [0.29, 0.717) is 46.0 Å². The summed E-state index contributed by atoms with van der Waals surface area (Å²) in [7, 11) is 3.07. The van der Waals surface area contributed by atoms with Crippen LogP contribution in [0.5, 0.6) is 11.5 Å². The van der Waals surface area contributed by atoms with Crippen molar-refractivity contribution >= 4 is 46.0 Å². The van der Waals surface area contributed by atoms with Gasteiger partial charge in [0.2, 0.25) is 11.9 Å². The van der Waals surface area contributed by atoms with E-state index in [1.165, 1.54) is 20.3 Å². The van der Waals surface area contributed by atoms with E-state index >= 15 is 0 Å². The van der Waals surface area contributed by atoms with E-state index in [-0.39, 0.29) is 11.9 Å². The lowest BCUT2D eigenvalue weighted by molar-refractivity contribution is -0.137. The predicted molar refractivity (Wildman–Crippen MR) is 153 cm³/mol. The number of aliphatic hydroxyl groups excluding tert-OH is 1. The Bertz CT molecular complexity index is 1370. The van der Waals surface area contributed by atoms with E-state index < -0.39 is 12.3 Å². The number of aromatic nitrogens is 2. The summed E-state index contributed by atoms with van der Waals surface area (Å²) in [6.45, 7) is 5.70. The molecule has 2 N–H and O–H groups in total. The van der Waals surface area contributed by atoms with Crippen molar-refractivity contribution in [3.63, 3.8) is 0 Å². The third kappa shape index (κ3) is 5.36. The summed E-state index contributed by atoms with van der Waals surface area (Å²) in [6, 6.07) is 6.78. The van der Waals surface area contributed by atoms with E-state index in [2.05, 4.69) is 21.9 Å². The number of rotatable bonds is 8. The fraction of sp³-hybridized carbons (Fsp3) is 0.393. The van der Waals surface area contributed by atoms with Crippen molar-refractivity contribution in [3.8, 4) is 22.6 Å². The van der Waals surface area contributed by atoms with Crippen LogP contribution in [-0.2, 0) is 4.79 Å². The first kappa shape index (κ1) is 27.5. The summed E-state index contributed by atoms with van der Waals surface area (Å²) >= 11 is 13.2. The van der Waals surface area contributed by atoms with Crippen molar-refractivity contribution in [3.05, 3.63) is 53.2 Å². The summed E-state index contributed by atoms with van der Waals surface area (Å²) in [4.78, 5) is 26.1. The normalized spacial score (nSPS) is 20.3. The van der Waals surface area contributed by atoms with Gasteiger partial charge in [0.15, 0.2) is 0 Å². The van der Waals surface area contributed by atoms with Gasteiger partial charge in [0, 0.05) is 48.9 Å². The van der Waals surface area contributed by atoms with Crippen molar-refractivity contribution in [1.82, 2.24) is 19.8 Å². The van der Waals surface area contributed by atoms with Gasteiger partial charge >= 0.3 is 0 Å². The molecule has 0 radical (unpaired) electrons. The fourth-order valence-corrected chi connectivity index (χ4v) is 6.08. The lowest BCUT2D eigenvalue weighted by atomic mass is 10.0. The Kier molecular flexibility index (Phi) is 8.13. The summed E-state index contributed by atoms with van der Waals surface area (Å²) in [5.41, 5.74) is 2.09. The average Bonchev–Trinajstić information content (AvgIpc) is 3.63. The molecule has 1 unspecified atom stereocenters. The number of amides is 1. The van der Waals surface area contributed by atoms with Crippen molar-refractivity contribution in [2.24, 2.45) is 0 Å². The highest BCUT2D eigenvalue weighted by atomic mass is 35.5. The molecule has 0 aliphatic carbocycles. The van der Waals surface area contributed by atoms with Crippen LogP contribution in [-0.4, -0.2) is 82.9 Å². The van der Waals surface area contributed by atoms with Gasteiger partial charge in [0.25, 0.3) is 0 Å². The SMILES string of the molecule is C=CC(O)N1C[C@@H](Nc2ncc3cc(-c4c(Cl)c(OC)cc(OC)c4Cl)ccc3n2)C[C@H]1C(=O)N1CCCC1. The maximum atomic E-state index is 13.2. The molecule has 0 bridgehead atoms. The smallest absolute Gasteiger partial charge is 0.240 e. The van der Waals surface area contributed by atoms with E-state index in [0.717, 1.165) is 42.4 Å². The van der Waals surface area contributed by atoms with E-state index in [9.17, 15) is 9.90 Å². The molecule has 2 aromatic carbocycles. The molecule has 5 rings (SSSR count). The highest BCUT2D eigenvalue weighted by Gasteiger charge is 2.41. The highest BCUT2D eigenvalue weighted by molar-refractivity contribution is 6.41. The van der Waals surface area contributed by atoms with E-state index in [1.54, 1.807) is 17.2 Å². The summed E-state index contributed by atoms with van der Waals surface area (Å²) in [6.07, 6.45) is 4.84. The van der Waals surface area contributed by atoms with Crippen molar-refractivity contribution in [1.29, 1.82) is 0 Å². The van der Waals surface area contributed by atoms with Gasteiger partial charge in [0.05, 0.1) is 35.8 Å². The van der Waals surface area contributed by atoms with Gasteiger partial charge < -0.3 is 24.8 Å². The zero-order valence-corrected chi connectivity index (χ0v) is 23.4. The molecule has 2 aliphatic heterocycles. The lowest BCUT2D eigenvalue weighted by Gasteiger charge is -2.29. The number of carbonyl (C=O) groups is 1. The minimum absolute atomic E-state index is 0.0520. The van der Waals surface area contributed by atoms with Crippen LogP contribution in [0.1, 0.15) is 19.3 Å². The first-order valence-corrected chi connectivity index (χ1v) is 13.6. The van der Waals surface area contributed by atoms with Gasteiger partial charge in [-0.15, -0.1) is 0 Å². The predicted octanol–water partition coefficient (Wildman–Crippen LogP) is 4.60. The standard InChI is InChI=1S/C28H31Cl2N5O4/c1-4-23(36)35-15-18(12-20(35)27(37)34-9-5-6-10-34)32-28-31-14-17-11-16(7-8-19(17)33-28)24-25(29)21(38-2)13-22(39-3)26(24)30/h4,7-8,11,13-14,18,20,23,36H,1,5-6,9-10,12,15H2,2-3H3,(H,31,32,33)/t18-,20-,23?/m0/s1. The Labute approximate surface area is 237 Å². The van der Waals surface area contributed by atoms with Crippen LogP contribution >= 0.6 is 23.2 Å². The Balaban J connectivity index is 1.38.